The number of nitrogens with one attached hydrogen (secondary N) is 2. The summed E-state index contributed by atoms with van der Waals surface area (Å²) in [5, 5.41) is 13.9. The highest BCUT2D eigenvalue weighted by Gasteiger charge is 2.11. The van der Waals surface area contributed by atoms with Crippen LogP contribution in [0.15, 0.2) is 36.4 Å². The second-order valence-electron chi connectivity index (χ2n) is 4.74. The van der Waals surface area contributed by atoms with Gasteiger partial charge in [0.2, 0.25) is 0 Å². The largest absolute Gasteiger partial charge is 0.495 e. The van der Waals surface area contributed by atoms with Gasteiger partial charge in [-0.25, -0.2) is 0 Å². The van der Waals surface area contributed by atoms with Gasteiger partial charge in [-0.3, -0.25) is 4.79 Å². The average Bonchev–Trinajstić information content (AvgIpc) is 2.56. The second-order valence-corrected chi connectivity index (χ2v) is 4.74. The third kappa shape index (κ3) is 4.18. The number of carbonyl (C=O) groups excluding carboxylic acids is 1. The molecule has 0 fully saturated rings. The summed E-state index contributed by atoms with van der Waals surface area (Å²) in [6.45, 7) is 2.97. The molecule has 2 aromatic rings. The number of amides is 1. The molecule has 6 nitrogen and oxygen atoms in total. The number of benzene rings is 1. The first-order valence-electron chi connectivity index (χ1n) is 7.26. The maximum Gasteiger partial charge on any atom is 0.276 e. The fraction of sp³-hybridized carbons (Fsp3) is 0.312. The molecule has 2 N–H and O–H groups in total. The summed E-state index contributed by atoms with van der Waals surface area (Å²) in [5.74, 6) is 0.945. The quantitative estimate of drug-likeness (QED) is 0.769. The van der Waals surface area contributed by atoms with E-state index in [-0.39, 0.29) is 11.6 Å². The molecule has 0 aliphatic heterocycles. The number of para-hydroxylation sites is 2. The monoisotopic (exact) mass is 300 g/mol. The number of hydrogen-bond acceptors (Lipinski definition) is 5. The lowest BCUT2D eigenvalue weighted by Gasteiger charge is -2.09. The van der Waals surface area contributed by atoms with E-state index in [4.69, 9.17) is 4.74 Å². The van der Waals surface area contributed by atoms with E-state index in [0.29, 0.717) is 17.3 Å². The molecule has 0 radical (unpaired) electrons. The Bertz CT molecular complexity index is 614. The Balaban J connectivity index is 2.00. The van der Waals surface area contributed by atoms with Crippen molar-refractivity contribution < 1.29 is 9.53 Å². The minimum atomic E-state index is -0.322. The van der Waals surface area contributed by atoms with Crippen LogP contribution in [0.4, 0.5) is 11.5 Å². The van der Waals surface area contributed by atoms with Gasteiger partial charge in [-0.15, -0.1) is 10.2 Å². The van der Waals surface area contributed by atoms with Crippen LogP contribution in [-0.2, 0) is 0 Å². The lowest BCUT2D eigenvalue weighted by molar-refractivity contribution is 0.102. The summed E-state index contributed by atoms with van der Waals surface area (Å²) >= 11 is 0. The zero-order chi connectivity index (χ0) is 15.8. The maximum absolute atomic E-state index is 12.2. The molecule has 6 heteroatoms. The summed E-state index contributed by atoms with van der Waals surface area (Å²) in [6, 6.07) is 10.6. The molecule has 22 heavy (non-hydrogen) atoms. The Morgan fingerprint density at radius 1 is 1.18 bits per heavy atom. The zero-order valence-electron chi connectivity index (χ0n) is 12.8. The molecule has 1 aromatic carbocycles. The molecule has 0 bridgehead atoms. The minimum Gasteiger partial charge on any atom is -0.495 e. The zero-order valence-corrected chi connectivity index (χ0v) is 12.8. The topological polar surface area (TPSA) is 76.1 Å². The van der Waals surface area contributed by atoms with Gasteiger partial charge in [0.15, 0.2) is 5.69 Å². The molecule has 0 saturated heterocycles. The van der Waals surface area contributed by atoms with Crippen molar-refractivity contribution in [3.8, 4) is 5.75 Å². The molecule has 116 valence electrons. The molecule has 1 aromatic heterocycles. The number of rotatable bonds is 7. The predicted molar refractivity (Wildman–Crippen MR) is 86.4 cm³/mol. The summed E-state index contributed by atoms with van der Waals surface area (Å²) in [5.41, 5.74) is 0.855. The van der Waals surface area contributed by atoms with E-state index in [2.05, 4.69) is 27.8 Å². The van der Waals surface area contributed by atoms with Gasteiger partial charge < -0.3 is 15.4 Å². The third-order valence-electron chi connectivity index (χ3n) is 3.09. The number of hydrogen-bond donors (Lipinski definition) is 2. The summed E-state index contributed by atoms with van der Waals surface area (Å²) in [4.78, 5) is 12.2. The van der Waals surface area contributed by atoms with Crippen molar-refractivity contribution in [2.45, 2.75) is 19.8 Å². The molecule has 1 heterocycles. The van der Waals surface area contributed by atoms with Gasteiger partial charge in [0.05, 0.1) is 12.8 Å². The van der Waals surface area contributed by atoms with Crippen LogP contribution in [0.1, 0.15) is 30.3 Å². The SMILES string of the molecule is CCCCNc1ccc(C(=O)Nc2ccccc2OC)nn1. The lowest BCUT2D eigenvalue weighted by Crippen LogP contribution is -2.15. The van der Waals surface area contributed by atoms with E-state index in [1.807, 2.05) is 12.1 Å². The summed E-state index contributed by atoms with van der Waals surface area (Å²) < 4.78 is 5.20. The van der Waals surface area contributed by atoms with Gasteiger partial charge >= 0.3 is 0 Å². The Morgan fingerprint density at radius 3 is 2.68 bits per heavy atom. The van der Waals surface area contributed by atoms with Gasteiger partial charge in [-0.2, -0.15) is 0 Å². The molecule has 1 amide bonds. The first kappa shape index (κ1) is 15.8. The van der Waals surface area contributed by atoms with Crippen molar-refractivity contribution in [3.63, 3.8) is 0 Å². The molecular weight excluding hydrogens is 280 g/mol. The first-order valence-corrected chi connectivity index (χ1v) is 7.26. The standard InChI is InChI=1S/C16H20N4O2/c1-3-4-11-17-15-10-9-13(19-20-15)16(21)18-12-7-5-6-8-14(12)22-2/h5-10H,3-4,11H2,1-2H3,(H,17,20)(H,18,21). The maximum atomic E-state index is 12.2. The van der Waals surface area contributed by atoms with Gasteiger partial charge in [-0.1, -0.05) is 25.5 Å². The fourth-order valence-corrected chi connectivity index (χ4v) is 1.88. The normalized spacial score (nSPS) is 10.1. The van der Waals surface area contributed by atoms with Gasteiger partial charge in [0.25, 0.3) is 5.91 Å². The van der Waals surface area contributed by atoms with Crippen LogP contribution in [0.25, 0.3) is 0 Å². The van der Waals surface area contributed by atoms with E-state index in [9.17, 15) is 4.79 Å². The smallest absolute Gasteiger partial charge is 0.276 e. The van der Waals surface area contributed by atoms with Crippen molar-refractivity contribution in [3.05, 3.63) is 42.1 Å². The molecule has 0 aliphatic rings. The van der Waals surface area contributed by atoms with Crippen LogP contribution in [0.2, 0.25) is 0 Å². The van der Waals surface area contributed by atoms with E-state index in [1.54, 1.807) is 31.4 Å². The number of methoxy groups -OCH3 is 1. The highest BCUT2D eigenvalue weighted by atomic mass is 16.5. The van der Waals surface area contributed by atoms with E-state index < -0.39 is 0 Å². The van der Waals surface area contributed by atoms with Crippen molar-refractivity contribution in [2.24, 2.45) is 0 Å². The number of unbranched alkanes of at least 4 members (excludes halogenated alkanes) is 1. The highest BCUT2D eigenvalue weighted by Crippen LogP contribution is 2.23. The van der Waals surface area contributed by atoms with Gasteiger partial charge in [0.1, 0.15) is 11.6 Å². The summed E-state index contributed by atoms with van der Waals surface area (Å²) in [7, 11) is 1.56. The van der Waals surface area contributed by atoms with Crippen molar-refractivity contribution in [2.75, 3.05) is 24.3 Å². The number of nitrogens with zero attached hydrogens (tertiary/aromatic N) is 2. The second kappa shape index (κ2) is 7.97. The van der Waals surface area contributed by atoms with Crippen LogP contribution in [0.5, 0.6) is 5.75 Å². The van der Waals surface area contributed by atoms with E-state index >= 15 is 0 Å². The Kier molecular flexibility index (Phi) is 5.71. The number of anilines is 2. The van der Waals surface area contributed by atoms with Crippen molar-refractivity contribution in [1.82, 2.24) is 10.2 Å². The molecule has 0 atom stereocenters. The number of ether oxygens (including phenoxy) is 1. The van der Waals surface area contributed by atoms with Crippen LogP contribution in [0, 0.1) is 0 Å². The predicted octanol–water partition coefficient (Wildman–Crippen LogP) is 2.95. The van der Waals surface area contributed by atoms with Crippen LogP contribution in [-0.4, -0.2) is 29.8 Å². The summed E-state index contributed by atoms with van der Waals surface area (Å²) in [6.07, 6.45) is 2.18. The highest BCUT2D eigenvalue weighted by molar-refractivity contribution is 6.03. The molecular formula is C16H20N4O2. The Labute approximate surface area is 129 Å². The Morgan fingerprint density at radius 2 is 2.00 bits per heavy atom. The minimum absolute atomic E-state index is 0.256. The van der Waals surface area contributed by atoms with Crippen LogP contribution >= 0.6 is 0 Å². The van der Waals surface area contributed by atoms with Gasteiger partial charge in [0, 0.05) is 6.54 Å². The number of carbonyl (C=O) groups is 1. The van der Waals surface area contributed by atoms with Crippen LogP contribution < -0.4 is 15.4 Å². The van der Waals surface area contributed by atoms with Gasteiger partial charge in [-0.05, 0) is 30.7 Å². The number of aromatic nitrogens is 2. The molecule has 0 unspecified atom stereocenters. The molecule has 2 rings (SSSR count). The van der Waals surface area contributed by atoms with Crippen molar-refractivity contribution >= 4 is 17.4 Å². The lowest BCUT2D eigenvalue weighted by atomic mass is 10.2. The van der Waals surface area contributed by atoms with E-state index in [1.165, 1.54) is 0 Å². The third-order valence-corrected chi connectivity index (χ3v) is 3.09. The van der Waals surface area contributed by atoms with Crippen LogP contribution in [0.3, 0.4) is 0 Å². The molecule has 0 saturated carbocycles. The van der Waals surface area contributed by atoms with Crippen molar-refractivity contribution in [1.29, 1.82) is 0 Å². The van der Waals surface area contributed by atoms with E-state index in [0.717, 1.165) is 19.4 Å². The fourth-order valence-electron chi connectivity index (χ4n) is 1.88. The first-order chi connectivity index (χ1) is 10.7. The Hall–Kier alpha value is -2.63. The molecule has 0 spiro atoms. The molecule has 0 aliphatic carbocycles. The average molecular weight is 300 g/mol.